The second-order valence-corrected chi connectivity index (χ2v) is 5.94. The van der Waals surface area contributed by atoms with Crippen LogP contribution in [0, 0.1) is 0 Å². The minimum atomic E-state index is -0.980. The molecular weight excluding hydrogens is 206 g/mol. The van der Waals surface area contributed by atoms with Crippen LogP contribution in [0.2, 0.25) is 0 Å². The topological polar surface area (TPSA) is 57.6 Å². The van der Waals surface area contributed by atoms with E-state index in [1.165, 1.54) is 0 Å². The fraction of sp³-hybridized carbons (Fsp3) is 0.833. The summed E-state index contributed by atoms with van der Waals surface area (Å²) in [5.41, 5.74) is -0.564. The van der Waals surface area contributed by atoms with E-state index in [1.54, 1.807) is 0 Å². The van der Waals surface area contributed by atoms with Crippen molar-refractivity contribution in [1.29, 1.82) is 0 Å². The van der Waals surface area contributed by atoms with Gasteiger partial charge in [-0.05, 0) is 41.5 Å². The van der Waals surface area contributed by atoms with Crippen LogP contribution in [-0.4, -0.2) is 39.4 Å². The van der Waals surface area contributed by atoms with Gasteiger partial charge in [0.15, 0.2) is 0 Å². The summed E-state index contributed by atoms with van der Waals surface area (Å²) in [6.45, 7) is 11.8. The molecule has 0 amide bonds. The average Bonchev–Trinajstić information content (AvgIpc) is 1.96. The van der Waals surface area contributed by atoms with Crippen LogP contribution in [0.5, 0.6) is 0 Å². The number of carboxylic acid groups (broad SMARTS) is 1. The Labute approximate surface area is 97.6 Å². The highest BCUT2D eigenvalue weighted by molar-refractivity contribution is 5.74. The van der Waals surface area contributed by atoms with Gasteiger partial charge in [-0.3, -0.25) is 14.5 Å². The zero-order chi connectivity index (χ0) is 13.1. The van der Waals surface area contributed by atoms with Gasteiger partial charge in [0.2, 0.25) is 6.29 Å². The van der Waals surface area contributed by atoms with Gasteiger partial charge in [-0.2, -0.15) is 0 Å². The molecule has 93 valence electrons. The second kappa shape index (κ2) is 4.95. The molecule has 16 heavy (non-hydrogen) atoms. The predicted molar refractivity (Wildman–Crippen MR) is 63.1 cm³/mol. The summed E-state index contributed by atoms with van der Waals surface area (Å²) in [6.07, 6.45) is 1.63. The molecule has 0 fully saturated rings. The SMILES string of the molecule is CC(C)(C)N([C@H]([C]=O)CC(=O)O)C(C)(C)C. The first kappa shape index (κ1) is 15.1. The summed E-state index contributed by atoms with van der Waals surface area (Å²) >= 11 is 0. The summed E-state index contributed by atoms with van der Waals surface area (Å²) < 4.78 is 0. The van der Waals surface area contributed by atoms with Crippen LogP contribution in [0.1, 0.15) is 48.0 Å². The number of aliphatic carboxylic acids is 1. The molecule has 0 aromatic carbocycles. The molecule has 0 aliphatic rings. The molecule has 0 aliphatic heterocycles. The number of carbonyl (C=O) groups is 1. The van der Waals surface area contributed by atoms with Crippen molar-refractivity contribution < 1.29 is 14.7 Å². The monoisotopic (exact) mass is 228 g/mol. The summed E-state index contributed by atoms with van der Waals surface area (Å²) in [5, 5.41) is 8.79. The van der Waals surface area contributed by atoms with Crippen molar-refractivity contribution in [3.8, 4) is 0 Å². The van der Waals surface area contributed by atoms with Gasteiger partial charge in [-0.15, -0.1) is 0 Å². The van der Waals surface area contributed by atoms with Crippen LogP contribution in [0.3, 0.4) is 0 Å². The predicted octanol–water partition coefficient (Wildman–Crippen LogP) is 1.84. The summed E-state index contributed by atoms with van der Waals surface area (Å²) in [7, 11) is 0. The first-order chi connectivity index (χ1) is 7.00. The molecule has 0 rings (SSSR count). The third-order valence-corrected chi connectivity index (χ3v) is 2.26. The molecule has 0 heterocycles. The van der Waals surface area contributed by atoms with E-state index in [1.807, 2.05) is 52.7 Å². The number of nitrogens with zero attached hydrogens (tertiary/aromatic N) is 1. The molecule has 0 spiro atoms. The summed E-state index contributed by atoms with van der Waals surface area (Å²) in [4.78, 5) is 23.6. The maximum Gasteiger partial charge on any atom is 0.305 e. The molecule has 0 aromatic rings. The highest BCUT2D eigenvalue weighted by Gasteiger charge is 2.38. The molecular formula is C12H22NO3. The second-order valence-electron chi connectivity index (χ2n) is 5.94. The third kappa shape index (κ3) is 4.31. The number of hydrogen-bond acceptors (Lipinski definition) is 3. The van der Waals surface area contributed by atoms with E-state index in [9.17, 15) is 9.59 Å². The lowest BCUT2D eigenvalue weighted by Gasteiger charge is -2.47. The molecule has 1 N–H and O–H groups in total. The van der Waals surface area contributed by atoms with E-state index < -0.39 is 12.0 Å². The summed E-state index contributed by atoms with van der Waals surface area (Å²) in [5.74, 6) is -0.980. The lowest BCUT2D eigenvalue weighted by Crippen LogP contribution is -2.58. The quantitative estimate of drug-likeness (QED) is 0.797. The lowest BCUT2D eigenvalue weighted by molar-refractivity contribution is -0.138. The van der Waals surface area contributed by atoms with Gasteiger partial charge in [-0.1, -0.05) is 0 Å². The standard InChI is InChI=1S/C12H22NO3/c1-11(2,3)13(12(4,5)6)9(8-14)7-10(15)16/h9H,7H2,1-6H3,(H,15,16)/t9-/m0/s1. The van der Waals surface area contributed by atoms with Crippen LogP contribution < -0.4 is 0 Å². The third-order valence-electron chi connectivity index (χ3n) is 2.26. The minimum absolute atomic E-state index is 0.210. The summed E-state index contributed by atoms with van der Waals surface area (Å²) in [6, 6.07) is -0.711. The number of rotatable bonds is 4. The molecule has 1 atom stereocenters. The molecule has 0 saturated carbocycles. The van der Waals surface area contributed by atoms with Crippen LogP contribution in [-0.2, 0) is 9.59 Å². The van der Waals surface area contributed by atoms with Gasteiger partial charge in [-0.25, -0.2) is 0 Å². The Kier molecular flexibility index (Phi) is 4.68. The van der Waals surface area contributed by atoms with E-state index in [4.69, 9.17) is 5.11 Å². The van der Waals surface area contributed by atoms with Crippen molar-refractivity contribution in [2.24, 2.45) is 0 Å². The molecule has 0 bridgehead atoms. The maximum atomic E-state index is 10.9. The fourth-order valence-electron chi connectivity index (χ4n) is 2.29. The van der Waals surface area contributed by atoms with E-state index in [2.05, 4.69) is 0 Å². The molecule has 0 aliphatic carbocycles. The lowest BCUT2D eigenvalue weighted by atomic mass is 9.92. The van der Waals surface area contributed by atoms with E-state index in [0.717, 1.165) is 0 Å². The van der Waals surface area contributed by atoms with Crippen molar-refractivity contribution in [2.45, 2.75) is 65.1 Å². The van der Waals surface area contributed by atoms with Crippen molar-refractivity contribution in [1.82, 2.24) is 4.90 Å². The molecule has 0 saturated heterocycles. The van der Waals surface area contributed by atoms with Gasteiger partial charge >= 0.3 is 5.97 Å². The maximum absolute atomic E-state index is 10.9. The van der Waals surface area contributed by atoms with Crippen molar-refractivity contribution in [3.63, 3.8) is 0 Å². The van der Waals surface area contributed by atoms with Gasteiger partial charge in [0, 0.05) is 11.1 Å². The number of carbonyl (C=O) groups excluding carboxylic acids is 1. The van der Waals surface area contributed by atoms with Gasteiger partial charge in [0.25, 0.3) is 0 Å². The number of carboxylic acids is 1. The molecule has 4 nitrogen and oxygen atoms in total. The Balaban J connectivity index is 5.16. The zero-order valence-electron chi connectivity index (χ0n) is 11.0. The first-order valence-corrected chi connectivity index (χ1v) is 5.39. The highest BCUT2D eigenvalue weighted by Crippen LogP contribution is 2.28. The fourth-order valence-corrected chi connectivity index (χ4v) is 2.29. The Morgan fingerprint density at radius 1 is 1.19 bits per heavy atom. The normalized spacial score (nSPS) is 14.9. The molecule has 1 radical (unpaired) electrons. The van der Waals surface area contributed by atoms with Crippen LogP contribution in [0.25, 0.3) is 0 Å². The van der Waals surface area contributed by atoms with Crippen LogP contribution in [0.15, 0.2) is 0 Å². The molecule has 0 aromatic heterocycles. The van der Waals surface area contributed by atoms with E-state index in [-0.39, 0.29) is 17.5 Å². The van der Waals surface area contributed by atoms with E-state index in [0.29, 0.717) is 0 Å². The van der Waals surface area contributed by atoms with Crippen LogP contribution in [0.4, 0.5) is 0 Å². The highest BCUT2D eigenvalue weighted by atomic mass is 16.4. The van der Waals surface area contributed by atoms with E-state index >= 15 is 0 Å². The smallest absolute Gasteiger partial charge is 0.305 e. The minimum Gasteiger partial charge on any atom is -0.481 e. The largest absolute Gasteiger partial charge is 0.481 e. The molecule has 4 heteroatoms. The molecule has 0 unspecified atom stereocenters. The average molecular weight is 228 g/mol. The van der Waals surface area contributed by atoms with Crippen molar-refractivity contribution in [3.05, 3.63) is 0 Å². The van der Waals surface area contributed by atoms with Crippen molar-refractivity contribution >= 4 is 12.3 Å². The Morgan fingerprint density at radius 3 is 1.75 bits per heavy atom. The van der Waals surface area contributed by atoms with Crippen LogP contribution >= 0.6 is 0 Å². The number of hydrogen-bond donors (Lipinski definition) is 1. The van der Waals surface area contributed by atoms with Gasteiger partial charge in [0.1, 0.15) is 0 Å². The van der Waals surface area contributed by atoms with Gasteiger partial charge < -0.3 is 5.11 Å². The Hall–Kier alpha value is -0.900. The Morgan fingerprint density at radius 2 is 1.56 bits per heavy atom. The zero-order valence-corrected chi connectivity index (χ0v) is 11.0. The van der Waals surface area contributed by atoms with Gasteiger partial charge in [0.05, 0.1) is 12.5 Å². The first-order valence-electron chi connectivity index (χ1n) is 5.39. The van der Waals surface area contributed by atoms with Crippen molar-refractivity contribution in [2.75, 3.05) is 0 Å². The Bertz CT molecular complexity index is 246.